The van der Waals surface area contributed by atoms with Crippen LogP contribution in [0.15, 0.2) is 0 Å². The predicted molar refractivity (Wildman–Crippen MR) is 60.5 cm³/mol. The Morgan fingerprint density at radius 2 is 1.73 bits per heavy atom. The Morgan fingerprint density at radius 1 is 1.00 bits per heavy atom. The van der Waals surface area contributed by atoms with Crippen LogP contribution in [0.5, 0.6) is 0 Å². The first-order valence-corrected chi connectivity index (χ1v) is 6.21. The average Bonchev–Trinajstić information content (AvgIpc) is 2.03. The van der Waals surface area contributed by atoms with E-state index in [4.69, 9.17) is 0 Å². The van der Waals surface area contributed by atoms with Gasteiger partial charge in [0.2, 0.25) is 0 Å². The molecule has 0 radical (unpaired) electrons. The van der Waals surface area contributed by atoms with Crippen LogP contribution in [0.4, 0.5) is 0 Å². The smallest absolute Gasteiger partial charge is 0.000735 e. The molecule has 1 N–H and O–H groups in total. The lowest BCUT2D eigenvalue weighted by atomic mass is 10.2. The van der Waals surface area contributed by atoms with Crippen molar-refractivity contribution in [1.29, 1.82) is 0 Å². The number of hydrogen-bond donors (Lipinski definition) is 1. The van der Waals surface area contributed by atoms with Crippen LogP contribution in [0.25, 0.3) is 0 Å². The minimum atomic E-state index is 1.20. The third-order valence-corrected chi connectivity index (χ3v) is 2.46. The highest BCUT2D eigenvalue weighted by Crippen LogP contribution is 1.96. The largest absolute Gasteiger partial charge is 0.317 e. The van der Waals surface area contributed by atoms with Crippen LogP contribution in [-0.2, 0) is 0 Å². The van der Waals surface area contributed by atoms with Crippen LogP contribution < -0.4 is 5.32 Å². The Balaban J connectivity index is 2.69. The summed E-state index contributed by atoms with van der Waals surface area (Å²) in [7, 11) is 0. The van der Waals surface area contributed by atoms with Crippen molar-refractivity contribution in [1.82, 2.24) is 5.32 Å². The highest BCUT2D eigenvalue weighted by Gasteiger charge is 1.87. The second kappa shape index (κ2) is 10.7. The van der Waals surface area contributed by atoms with Gasteiger partial charge in [0.05, 0.1) is 0 Å². The fourth-order valence-corrected chi connectivity index (χ4v) is 1.37. The van der Waals surface area contributed by atoms with E-state index in [0.717, 1.165) is 0 Å². The molecule has 0 aromatic carbocycles. The lowest BCUT2D eigenvalue weighted by Crippen LogP contribution is -2.16. The van der Waals surface area contributed by atoms with E-state index >= 15 is 0 Å². The molecular weight excluding hydrogens is 249 g/mol. The zero-order chi connectivity index (χ0) is 8.36. The summed E-state index contributed by atoms with van der Waals surface area (Å²) in [5, 5.41) is 3.44. The standard InChI is InChI=1S/C9H20IN/c1-2-3-4-5-8-11-9-6-7-10/h11H,2-9H2,1H3. The molecule has 0 spiro atoms. The van der Waals surface area contributed by atoms with E-state index in [-0.39, 0.29) is 0 Å². The molecule has 0 atom stereocenters. The maximum absolute atomic E-state index is 3.44. The van der Waals surface area contributed by atoms with Crippen molar-refractivity contribution in [2.75, 3.05) is 17.5 Å². The van der Waals surface area contributed by atoms with E-state index in [2.05, 4.69) is 34.8 Å². The predicted octanol–water partition coefficient (Wildman–Crippen LogP) is 2.98. The Kier molecular flexibility index (Phi) is 11.4. The normalized spacial score (nSPS) is 10.4. The first kappa shape index (κ1) is 11.7. The summed E-state index contributed by atoms with van der Waals surface area (Å²) < 4.78 is 1.28. The lowest BCUT2D eigenvalue weighted by Gasteiger charge is -2.01. The van der Waals surface area contributed by atoms with Crippen LogP contribution in [0.3, 0.4) is 0 Å². The van der Waals surface area contributed by atoms with Gasteiger partial charge in [-0.1, -0.05) is 48.8 Å². The molecule has 1 nitrogen and oxygen atoms in total. The minimum Gasteiger partial charge on any atom is -0.317 e. The Labute approximate surface area is 84.5 Å². The molecule has 0 aromatic rings. The van der Waals surface area contributed by atoms with Crippen LogP contribution in [-0.4, -0.2) is 17.5 Å². The first-order valence-electron chi connectivity index (χ1n) is 4.68. The van der Waals surface area contributed by atoms with Gasteiger partial charge in [-0.2, -0.15) is 0 Å². The van der Waals surface area contributed by atoms with Crippen LogP contribution in [0.1, 0.15) is 39.0 Å². The van der Waals surface area contributed by atoms with E-state index in [9.17, 15) is 0 Å². The van der Waals surface area contributed by atoms with Gasteiger partial charge in [0.15, 0.2) is 0 Å². The molecule has 0 aromatic heterocycles. The van der Waals surface area contributed by atoms with Crippen molar-refractivity contribution >= 4 is 22.6 Å². The van der Waals surface area contributed by atoms with Gasteiger partial charge < -0.3 is 5.32 Å². The van der Waals surface area contributed by atoms with Gasteiger partial charge in [-0.05, 0) is 25.9 Å². The molecule has 0 fully saturated rings. The number of hydrogen-bond acceptors (Lipinski definition) is 1. The number of rotatable bonds is 8. The van der Waals surface area contributed by atoms with Crippen molar-refractivity contribution < 1.29 is 0 Å². The molecule has 0 saturated heterocycles. The molecule has 0 unspecified atom stereocenters. The van der Waals surface area contributed by atoms with E-state index in [0.29, 0.717) is 0 Å². The van der Waals surface area contributed by atoms with Crippen LogP contribution in [0, 0.1) is 0 Å². The van der Waals surface area contributed by atoms with Crippen LogP contribution in [0.2, 0.25) is 0 Å². The molecule has 0 aliphatic carbocycles. The SMILES string of the molecule is CCCCCCNCCCI. The maximum Gasteiger partial charge on any atom is 0.000735 e. The van der Waals surface area contributed by atoms with Gasteiger partial charge in [0.1, 0.15) is 0 Å². The summed E-state index contributed by atoms with van der Waals surface area (Å²) in [5.74, 6) is 0. The molecule has 0 amide bonds. The quantitative estimate of drug-likeness (QED) is 0.406. The Bertz CT molecular complexity index is 58.6. The molecule has 0 bridgehead atoms. The summed E-state index contributed by atoms with van der Waals surface area (Å²) in [6, 6.07) is 0. The van der Waals surface area contributed by atoms with Gasteiger partial charge in [0, 0.05) is 4.43 Å². The molecule has 0 aliphatic heterocycles. The minimum absolute atomic E-state index is 1.20. The number of alkyl halides is 1. The molecule has 11 heavy (non-hydrogen) atoms. The Hall–Kier alpha value is 0.690. The summed E-state index contributed by atoms with van der Waals surface area (Å²) in [6.45, 7) is 4.68. The maximum atomic E-state index is 3.44. The van der Waals surface area contributed by atoms with Crippen molar-refractivity contribution in [3.63, 3.8) is 0 Å². The molecule has 0 rings (SSSR count). The first-order chi connectivity index (χ1) is 5.41. The lowest BCUT2D eigenvalue weighted by molar-refractivity contribution is 0.597. The third-order valence-electron chi connectivity index (χ3n) is 1.69. The van der Waals surface area contributed by atoms with E-state index in [1.807, 2.05) is 0 Å². The fraction of sp³-hybridized carbons (Fsp3) is 1.00. The van der Waals surface area contributed by atoms with Gasteiger partial charge >= 0.3 is 0 Å². The third kappa shape index (κ3) is 10.7. The highest BCUT2D eigenvalue weighted by molar-refractivity contribution is 14.1. The second-order valence-corrected chi connectivity index (χ2v) is 3.93. The topological polar surface area (TPSA) is 12.0 Å². The van der Waals surface area contributed by atoms with Gasteiger partial charge in [-0.3, -0.25) is 0 Å². The van der Waals surface area contributed by atoms with Crippen molar-refractivity contribution in [3.05, 3.63) is 0 Å². The molecular formula is C9H20IN. The van der Waals surface area contributed by atoms with E-state index in [1.54, 1.807) is 0 Å². The van der Waals surface area contributed by atoms with Crippen LogP contribution >= 0.6 is 22.6 Å². The second-order valence-electron chi connectivity index (χ2n) is 2.85. The molecule has 0 saturated carbocycles. The summed E-state index contributed by atoms with van der Waals surface area (Å²) in [6.07, 6.45) is 6.80. The van der Waals surface area contributed by atoms with E-state index < -0.39 is 0 Å². The highest BCUT2D eigenvalue weighted by atomic mass is 127. The zero-order valence-corrected chi connectivity index (χ0v) is 9.69. The summed E-state index contributed by atoms with van der Waals surface area (Å²) in [4.78, 5) is 0. The van der Waals surface area contributed by atoms with Gasteiger partial charge in [-0.15, -0.1) is 0 Å². The van der Waals surface area contributed by atoms with Gasteiger partial charge in [0.25, 0.3) is 0 Å². The fourth-order valence-electron chi connectivity index (χ4n) is 0.994. The van der Waals surface area contributed by atoms with Crippen molar-refractivity contribution in [2.45, 2.75) is 39.0 Å². The number of unbranched alkanes of at least 4 members (excludes halogenated alkanes) is 3. The number of halogens is 1. The summed E-state index contributed by atoms with van der Waals surface area (Å²) in [5.41, 5.74) is 0. The molecule has 68 valence electrons. The molecule has 0 aliphatic rings. The molecule has 0 heterocycles. The van der Waals surface area contributed by atoms with E-state index in [1.165, 1.54) is 49.6 Å². The zero-order valence-electron chi connectivity index (χ0n) is 7.53. The molecule has 2 heteroatoms. The monoisotopic (exact) mass is 269 g/mol. The summed E-state index contributed by atoms with van der Waals surface area (Å²) >= 11 is 2.42. The van der Waals surface area contributed by atoms with Gasteiger partial charge in [-0.25, -0.2) is 0 Å². The Morgan fingerprint density at radius 3 is 2.36 bits per heavy atom. The number of nitrogens with one attached hydrogen (secondary N) is 1. The van der Waals surface area contributed by atoms with Crippen molar-refractivity contribution in [3.8, 4) is 0 Å². The van der Waals surface area contributed by atoms with Crippen molar-refractivity contribution in [2.24, 2.45) is 0 Å². The average molecular weight is 269 g/mol.